The minimum Gasteiger partial charge on any atom is -0.439 e. The Hall–Kier alpha value is -2.51. The third-order valence-electron chi connectivity index (χ3n) is 3.33. The van der Waals surface area contributed by atoms with Gasteiger partial charge >= 0.3 is 0 Å². The number of methoxy groups -OCH3 is 1. The van der Waals surface area contributed by atoms with Crippen molar-refractivity contribution < 1.29 is 18.7 Å². The SMILES string of the molecule is COC(CN)CC(=O)NCc1ccc(Oc2ccc(F)cc2)nc1. The Kier molecular flexibility index (Phi) is 6.65. The first kappa shape index (κ1) is 17.8. The topological polar surface area (TPSA) is 86.5 Å². The number of carbonyl (C=O) groups excluding carboxylic acids is 1. The largest absolute Gasteiger partial charge is 0.439 e. The molecule has 128 valence electrons. The number of hydrogen-bond donors (Lipinski definition) is 2. The van der Waals surface area contributed by atoms with Crippen molar-refractivity contribution in [3.05, 3.63) is 54.0 Å². The summed E-state index contributed by atoms with van der Waals surface area (Å²) in [6.45, 7) is 0.643. The molecule has 7 heteroatoms. The number of nitrogens with two attached hydrogens (primary N) is 1. The van der Waals surface area contributed by atoms with Crippen LogP contribution < -0.4 is 15.8 Å². The second-order valence-electron chi connectivity index (χ2n) is 5.13. The Balaban J connectivity index is 1.83. The molecule has 0 saturated carbocycles. The first-order valence-electron chi connectivity index (χ1n) is 7.48. The summed E-state index contributed by atoms with van der Waals surface area (Å²) in [5, 5.41) is 2.78. The zero-order valence-corrected chi connectivity index (χ0v) is 13.4. The monoisotopic (exact) mass is 333 g/mol. The highest BCUT2D eigenvalue weighted by Crippen LogP contribution is 2.19. The zero-order chi connectivity index (χ0) is 17.4. The number of ether oxygens (including phenoxy) is 2. The summed E-state index contributed by atoms with van der Waals surface area (Å²) < 4.78 is 23.4. The number of rotatable bonds is 8. The molecule has 0 bridgehead atoms. The molecule has 1 aromatic heterocycles. The van der Waals surface area contributed by atoms with Gasteiger partial charge in [-0.05, 0) is 29.8 Å². The van der Waals surface area contributed by atoms with Crippen LogP contribution in [0.3, 0.4) is 0 Å². The number of carbonyl (C=O) groups is 1. The fraction of sp³-hybridized carbons (Fsp3) is 0.294. The van der Waals surface area contributed by atoms with Crippen LogP contribution in [0.4, 0.5) is 4.39 Å². The minimum atomic E-state index is -0.327. The second kappa shape index (κ2) is 8.95. The average molecular weight is 333 g/mol. The van der Waals surface area contributed by atoms with Crippen LogP contribution in [-0.2, 0) is 16.1 Å². The molecule has 1 amide bonds. The Labute approximate surface area is 139 Å². The summed E-state index contributed by atoms with van der Waals surface area (Å²) in [4.78, 5) is 15.9. The summed E-state index contributed by atoms with van der Waals surface area (Å²) in [6.07, 6.45) is 1.54. The lowest BCUT2D eigenvalue weighted by atomic mass is 10.2. The number of benzene rings is 1. The van der Waals surface area contributed by atoms with Gasteiger partial charge in [0.25, 0.3) is 0 Å². The molecule has 0 spiro atoms. The van der Waals surface area contributed by atoms with E-state index in [9.17, 15) is 9.18 Å². The molecular weight excluding hydrogens is 313 g/mol. The molecule has 1 unspecified atom stereocenters. The maximum absolute atomic E-state index is 12.8. The quantitative estimate of drug-likeness (QED) is 0.771. The zero-order valence-electron chi connectivity index (χ0n) is 13.4. The van der Waals surface area contributed by atoms with Gasteiger partial charge in [-0.2, -0.15) is 0 Å². The van der Waals surface area contributed by atoms with Gasteiger partial charge in [-0.1, -0.05) is 6.07 Å². The van der Waals surface area contributed by atoms with Crippen LogP contribution in [0.25, 0.3) is 0 Å². The molecule has 1 heterocycles. The smallest absolute Gasteiger partial charge is 0.222 e. The molecule has 0 aliphatic rings. The van der Waals surface area contributed by atoms with Crippen molar-refractivity contribution in [3.8, 4) is 11.6 Å². The van der Waals surface area contributed by atoms with E-state index in [0.29, 0.717) is 24.7 Å². The van der Waals surface area contributed by atoms with E-state index in [1.54, 1.807) is 18.3 Å². The first-order chi connectivity index (χ1) is 11.6. The number of halogens is 1. The number of nitrogens with zero attached hydrogens (tertiary/aromatic N) is 1. The number of hydrogen-bond acceptors (Lipinski definition) is 5. The second-order valence-corrected chi connectivity index (χ2v) is 5.13. The molecule has 2 rings (SSSR count). The third kappa shape index (κ3) is 5.60. The number of amides is 1. The molecule has 0 aliphatic carbocycles. The fourth-order valence-corrected chi connectivity index (χ4v) is 1.94. The van der Waals surface area contributed by atoms with Crippen molar-refractivity contribution in [2.75, 3.05) is 13.7 Å². The molecule has 1 aromatic carbocycles. The van der Waals surface area contributed by atoms with Crippen molar-refractivity contribution in [2.24, 2.45) is 5.73 Å². The molecule has 3 N–H and O–H groups in total. The number of nitrogens with one attached hydrogen (secondary N) is 1. The Morgan fingerprint density at radius 2 is 2.04 bits per heavy atom. The number of pyridine rings is 1. The van der Waals surface area contributed by atoms with Crippen LogP contribution in [0.1, 0.15) is 12.0 Å². The maximum Gasteiger partial charge on any atom is 0.222 e. The van der Waals surface area contributed by atoms with Gasteiger partial charge in [0.05, 0.1) is 12.5 Å². The Bertz CT molecular complexity index is 643. The van der Waals surface area contributed by atoms with Crippen molar-refractivity contribution in [1.82, 2.24) is 10.3 Å². The van der Waals surface area contributed by atoms with Gasteiger partial charge in [0.2, 0.25) is 11.8 Å². The van der Waals surface area contributed by atoms with Gasteiger partial charge in [0.1, 0.15) is 11.6 Å². The van der Waals surface area contributed by atoms with E-state index in [-0.39, 0.29) is 24.2 Å². The molecule has 2 aromatic rings. The van der Waals surface area contributed by atoms with Crippen LogP contribution in [-0.4, -0.2) is 30.6 Å². The highest BCUT2D eigenvalue weighted by molar-refractivity contribution is 5.76. The fourth-order valence-electron chi connectivity index (χ4n) is 1.94. The molecule has 1 atom stereocenters. The summed E-state index contributed by atoms with van der Waals surface area (Å²) in [7, 11) is 1.52. The van der Waals surface area contributed by atoms with E-state index >= 15 is 0 Å². The highest BCUT2D eigenvalue weighted by atomic mass is 19.1. The van der Waals surface area contributed by atoms with Gasteiger partial charge in [-0.25, -0.2) is 9.37 Å². The van der Waals surface area contributed by atoms with Crippen molar-refractivity contribution in [1.29, 1.82) is 0 Å². The molecule has 0 aliphatic heterocycles. The van der Waals surface area contributed by atoms with Crippen LogP contribution in [0.15, 0.2) is 42.6 Å². The summed E-state index contributed by atoms with van der Waals surface area (Å²) in [5.74, 6) is 0.419. The molecule has 0 radical (unpaired) electrons. The summed E-state index contributed by atoms with van der Waals surface area (Å²) in [6, 6.07) is 9.15. The normalized spacial score (nSPS) is 11.8. The lowest BCUT2D eigenvalue weighted by molar-refractivity contribution is -0.123. The Morgan fingerprint density at radius 1 is 1.29 bits per heavy atom. The van der Waals surface area contributed by atoms with E-state index in [1.807, 2.05) is 0 Å². The minimum absolute atomic E-state index is 0.140. The molecular formula is C17H20FN3O3. The van der Waals surface area contributed by atoms with Crippen LogP contribution in [0.2, 0.25) is 0 Å². The predicted octanol–water partition coefficient (Wildman–Crippen LogP) is 1.99. The predicted molar refractivity (Wildman–Crippen MR) is 87.0 cm³/mol. The van der Waals surface area contributed by atoms with Crippen LogP contribution >= 0.6 is 0 Å². The van der Waals surface area contributed by atoms with Gasteiger partial charge in [-0.3, -0.25) is 4.79 Å². The summed E-state index contributed by atoms with van der Waals surface area (Å²) >= 11 is 0. The van der Waals surface area contributed by atoms with Gasteiger partial charge in [0, 0.05) is 32.5 Å². The third-order valence-corrected chi connectivity index (χ3v) is 3.33. The number of aromatic nitrogens is 1. The highest BCUT2D eigenvalue weighted by Gasteiger charge is 2.11. The van der Waals surface area contributed by atoms with Crippen LogP contribution in [0, 0.1) is 5.82 Å². The Morgan fingerprint density at radius 3 is 2.62 bits per heavy atom. The lowest BCUT2D eigenvalue weighted by Crippen LogP contribution is -2.31. The maximum atomic E-state index is 12.8. The van der Waals surface area contributed by atoms with Gasteiger partial charge in [0.15, 0.2) is 0 Å². The lowest BCUT2D eigenvalue weighted by Gasteiger charge is -2.12. The average Bonchev–Trinajstić information content (AvgIpc) is 2.61. The van der Waals surface area contributed by atoms with E-state index in [4.69, 9.17) is 15.2 Å². The van der Waals surface area contributed by atoms with E-state index in [1.165, 1.54) is 31.4 Å². The van der Waals surface area contributed by atoms with E-state index < -0.39 is 0 Å². The standard InChI is InChI=1S/C17H20FN3O3/c1-23-15(9-19)8-16(22)20-10-12-2-7-17(21-11-12)24-14-5-3-13(18)4-6-14/h2-7,11,15H,8-10,19H2,1H3,(H,20,22). The van der Waals surface area contributed by atoms with Gasteiger partial charge in [-0.15, -0.1) is 0 Å². The molecule has 6 nitrogen and oxygen atoms in total. The molecule has 24 heavy (non-hydrogen) atoms. The van der Waals surface area contributed by atoms with Crippen molar-refractivity contribution >= 4 is 5.91 Å². The molecule has 0 saturated heterocycles. The first-order valence-corrected chi connectivity index (χ1v) is 7.48. The van der Waals surface area contributed by atoms with Crippen molar-refractivity contribution in [3.63, 3.8) is 0 Å². The van der Waals surface area contributed by atoms with Crippen molar-refractivity contribution in [2.45, 2.75) is 19.1 Å². The molecule has 0 fully saturated rings. The summed E-state index contributed by atoms with van der Waals surface area (Å²) in [5.41, 5.74) is 6.31. The van der Waals surface area contributed by atoms with Gasteiger partial charge < -0.3 is 20.5 Å². The van der Waals surface area contributed by atoms with Crippen LogP contribution in [0.5, 0.6) is 11.6 Å². The van der Waals surface area contributed by atoms with E-state index in [0.717, 1.165) is 5.56 Å². The van der Waals surface area contributed by atoms with E-state index in [2.05, 4.69) is 10.3 Å².